The summed E-state index contributed by atoms with van der Waals surface area (Å²) in [6.45, 7) is 0.621. The number of hydrogen-bond donors (Lipinski definition) is 1. The first-order valence-electron chi connectivity index (χ1n) is 7.52. The molecule has 3 rings (SSSR count). The number of likely N-dealkylation sites (tertiary alicyclic amines) is 1. The Labute approximate surface area is 129 Å². The van der Waals surface area contributed by atoms with E-state index in [1.807, 2.05) is 36.4 Å². The standard InChI is InChI=1S/C17H19NO4/c19-16(20)15-14-9-5-4-8-13(14)10-18(15)17(21)22-11-12-6-2-1-3-7-12/h1-7,13-15H,8-11H2,(H,19,20)/t13-,14-,15-/m0/s1. The summed E-state index contributed by atoms with van der Waals surface area (Å²) in [5.41, 5.74) is 0.890. The third kappa shape index (κ3) is 2.84. The second-order valence-corrected chi connectivity index (χ2v) is 5.84. The van der Waals surface area contributed by atoms with Crippen LogP contribution in [0.4, 0.5) is 4.79 Å². The van der Waals surface area contributed by atoms with Gasteiger partial charge in [-0.3, -0.25) is 4.90 Å². The minimum Gasteiger partial charge on any atom is -0.480 e. The van der Waals surface area contributed by atoms with Gasteiger partial charge in [-0.05, 0) is 30.2 Å². The maximum atomic E-state index is 12.3. The molecule has 1 fully saturated rings. The summed E-state index contributed by atoms with van der Waals surface area (Å²) in [6, 6.07) is 8.60. The number of amides is 1. The fourth-order valence-electron chi connectivity index (χ4n) is 3.39. The predicted molar refractivity (Wildman–Crippen MR) is 80.1 cm³/mol. The normalized spacial score (nSPS) is 26.5. The zero-order chi connectivity index (χ0) is 15.5. The van der Waals surface area contributed by atoms with Crippen molar-refractivity contribution in [3.05, 3.63) is 48.0 Å². The number of carboxylic acids is 1. The topological polar surface area (TPSA) is 66.8 Å². The summed E-state index contributed by atoms with van der Waals surface area (Å²) in [4.78, 5) is 25.3. The third-order valence-corrected chi connectivity index (χ3v) is 4.48. The maximum Gasteiger partial charge on any atom is 0.410 e. The number of ether oxygens (including phenoxy) is 1. The zero-order valence-electron chi connectivity index (χ0n) is 12.2. The van der Waals surface area contributed by atoms with Crippen molar-refractivity contribution < 1.29 is 19.4 Å². The molecule has 1 amide bonds. The van der Waals surface area contributed by atoms with Crippen molar-refractivity contribution in [2.45, 2.75) is 25.5 Å². The van der Waals surface area contributed by atoms with E-state index in [0.717, 1.165) is 12.0 Å². The Morgan fingerprint density at radius 2 is 1.91 bits per heavy atom. The molecule has 1 heterocycles. The number of carboxylic acid groups (broad SMARTS) is 1. The fraction of sp³-hybridized carbons (Fsp3) is 0.412. The minimum atomic E-state index is -0.945. The molecule has 1 saturated heterocycles. The number of aliphatic carboxylic acids is 1. The molecule has 0 spiro atoms. The van der Waals surface area contributed by atoms with E-state index < -0.39 is 18.1 Å². The van der Waals surface area contributed by atoms with Crippen LogP contribution in [0, 0.1) is 11.8 Å². The molecule has 5 nitrogen and oxygen atoms in total. The summed E-state index contributed by atoms with van der Waals surface area (Å²) in [7, 11) is 0. The molecule has 22 heavy (non-hydrogen) atoms. The number of benzene rings is 1. The first-order valence-corrected chi connectivity index (χ1v) is 7.52. The molecule has 1 aromatic carbocycles. The van der Waals surface area contributed by atoms with Crippen LogP contribution in [0.3, 0.4) is 0 Å². The summed E-state index contributed by atoms with van der Waals surface area (Å²) in [5, 5.41) is 9.48. The lowest BCUT2D eigenvalue weighted by Crippen LogP contribution is -2.43. The summed E-state index contributed by atoms with van der Waals surface area (Å²) in [6.07, 6.45) is 5.08. The Morgan fingerprint density at radius 1 is 1.18 bits per heavy atom. The summed E-state index contributed by atoms with van der Waals surface area (Å²) >= 11 is 0. The van der Waals surface area contributed by atoms with Crippen molar-refractivity contribution in [1.29, 1.82) is 0 Å². The monoisotopic (exact) mass is 301 g/mol. The number of fused-ring (bicyclic) bond motifs is 1. The van der Waals surface area contributed by atoms with E-state index in [2.05, 4.69) is 6.08 Å². The predicted octanol–water partition coefficient (Wildman–Crippen LogP) is 2.67. The van der Waals surface area contributed by atoms with E-state index in [-0.39, 0.29) is 18.4 Å². The van der Waals surface area contributed by atoms with Crippen molar-refractivity contribution in [3.8, 4) is 0 Å². The van der Waals surface area contributed by atoms with Gasteiger partial charge in [0.2, 0.25) is 0 Å². The van der Waals surface area contributed by atoms with Crippen LogP contribution in [-0.4, -0.2) is 34.7 Å². The van der Waals surface area contributed by atoms with Crippen molar-refractivity contribution in [1.82, 2.24) is 4.90 Å². The first kappa shape index (κ1) is 14.6. The molecule has 5 heteroatoms. The van der Waals surface area contributed by atoms with Crippen LogP contribution in [0.25, 0.3) is 0 Å². The average Bonchev–Trinajstić information content (AvgIpc) is 2.93. The summed E-state index contributed by atoms with van der Waals surface area (Å²) in [5.74, 6) is -0.735. The molecule has 1 aliphatic heterocycles. The molecule has 0 aromatic heterocycles. The van der Waals surface area contributed by atoms with Gasteiger partial charge in [-0.25, -0.2) is 9.59 Å². The van der Waals surface area contributed by atoms with E-state index in [1.54, 1.807) is 0 Å². The van der Waals surface area contributed by atoms with Gasteiger partial charge in [-0.15, -0.1) is 0 Å². The van der Waals surface area contributed by atoms with Crippen LogP contribution in [0.15, 0.2) is 42.5 Å². The van der Waals surface area contributed by atoms with Crippen LogP contribution < -0.4 is 0 Å². The van der Waals surface area contributed by atoms with Gasteiger partial charge >= 0.3 is 12.1 Å². The minimum absolute atomic E-state index is 0.00762. The van der Waals surface area contributed by atoms with Gasteiger partial charge in [0, 0.05) is 6.54 Å². The van der Waals surface area contributed by atoms with Gasteiger partial charge in [0.05, 0.1) is 0 Å². The second-order valence-electron chi connectivity index (χ2n) is 5.84. The van der Waals surface area contributed by atoms with Gasteiger partial charge in [0.25, 0.3) is 0 Å². The van der Waals surface area contributed by atoms with Crippen LogP contribution in [-0.2, 0) is 16.1 Å². The highest BCUT2D eigenvalue weighted by atomic mass is 16.6. The molecule has 0 saturated carbocycles. The lowest BCUT2D eigenvalue weighted by Gasteiger charge is -2.24. The number of hydrogen-bond acceptors (Lipinski definition) is 3. The van der Waals surface area contributed by atoms with Gasteiger partial charge in [-0.2, -0.15) is 0 Å². The largest absolute Gasteiger partial charge is 0.480 e. The molecule has 1 aromatic rings. The van der Waals surface area contributed by atoms with Crippen molar-refractivity contribution >= 4 is 12.1 Å². The Hall–Kier alpha value is -2.30. The van der Waals surface area contributed by atoms with E-state index in [0.29, 0.717) is 13.0 Å². The number of nitrogens with zero attached hydrogens (tertiary/aromatic N) is 1. The van der Waals surface area contributed by atoms with Crippen molar-refractivity contribution in [2.75, 3.05) is 6.54 Å². The van der Waals surface area contributed by atoms with Crippen LogP contribution in [0.2, 0.25) is 0 Å². The summed E-state index contributed by atoms with van der Waals surface area (Å²) < 4.78 is 5.30. The zero-order valence-corrected chi connectivity index (χ0v) is 12.2. The average molecular weight is 301 g/mol. The molecule has 0 bridgehead atoms. The molecular weight excluding hydrogens is 282 g/mol. The van der Waals surface area contributed by atoms with E-state index in [9.17, 15) is 14.7 Å². The highest BCUT2D eigenvalue weighted by Crippen LogP contribution is 2.38. The Bertz CT molecular complexity index is 584. The number of carbonyl (C=O) groups excluding carboxylic acids is 1. The Kier molecular flexibility index (Phi) is 4.13. The molecule has 1 aliphatic carbocycles. The lowest BCUT2D eigenvalue weighted by atomic mass is 9.82. The van der Waals surface area contributed by atoms with E-state index >= 15 is 0 Å². The molecule has 2 aliphatic rings. The second kappa shape index (κ2) is 6.22. The number of carbonyl (C=O) groups is 2. The van der Waals surface area contributed by atoms with Gasteiger partial charge < -0.3 is 9.84 Å². The molecule has 1 N–H and O–H groups in total. The van der Waals surface area contributed by atoms with E-state index in [1.165, 1.54) is 4.90 Å². The molecule has 0 unspecified atom stereocenters. The van der Waals surface area contributed by atoms with E-state index in [4.69, 9.17) is 4.74 Å². The van der Waals surface area contributed by atoms with Crippen LogP contribution in [0.5, 0.6) is 0 Å². The Balaban J connectivity index is 1.67. The smallest absolute Gasteiger partial charge is 0.410 e. The molecule has 116 valence electrons. The van der Waals surface area contributed by atoms with Gasteiger partial charge in [-0.1, -0.05) is 42.5 Å². The van der Waals surface area contributed by atoms with Crippen LogP contribution in [0.1, 0.15) is 18.4 Å². The highest BCUT2D eigenvalue weighted by molar-refractivity contribution is 5.81. The van der Waals surface area contributed by atoms with Gasteiger partial charge in [0.15, 0.2) is 0 Å². The molecule has 3 atom stereocenters. The SMILES string of the molecule is O=C(O)[C@@H]1[C@H]2CC=CC[C@H]2CN1C(=O)OCc1ccccc1. The number of rotatable bonds is 3. The highest BCUT2D eigenvalue weighted by Gasteiger charge is 2.48. The van der Waals surface area contributed by atoms with Crippen LogP contribution >= 0.6 is 0 Å². The Morgan fingerprint density at radius 3 is 2.64 bits per heavy atom. The quantitative estimate of drug-likeness (QED) is 0.872. The van der Waals surface area contributed by atoms with Crippen molar-refractivity contribution in [3.63, 3.8) is 0 Å². The van der Waals surface area contributed by atoms with Gasteiger partial charge in [0.1, 0.15) is 12.6 Å². The third-order valence-electron chi connectivity index (χ3n) is 4.48. The fourth-order valence-corrected chi connectivity index (χ4v) is 3.39. The molecular formula is C17H19NO4. The first-order chi connectivity index (χ1) is 10.7. The maximum absolute atomic E-state index is 12.3. The number of allylic oxidation sites excluding steroid dienone is 2. The van der Waals surface area contributed by atoms with Crippen molar-refractivity contribution in [2.24, 2.45) is 11.8 Å². The lowest BCUT2D eigenvalue weighted by molar-refractivity contribution is -0.143. The molecule has 0 radical (unpaired) electrons.